The quantitative estimate of drug-likeness (QED) is 0.778. The fourth-order valence-corrected chi connectivity index (χ4v) is 1.80. The molecule has 0 amide bonds. The normalized spacial score (nSPS) is 14.7. The summed E-state index contributed by atoms with van der Waals surface area (Å²) in [6, 6.07) is 7.99. The number of ether oxygens (including phenoxy) is 1. The van der Waals surface area contributed by atoms with Crippen molar-refractivity contribution in [1.29, 1.82) is 0 Å². The van der Waals surface area contributed by atoms with Crippen molar-refractivity contribution >= 4 is 0 Å². The Morgan fingerprint density at radius 1 is 1.31 bits per heavy atom. The SMILES string of the molecule is CCC(NC(C)COC)c1ccc(O)cc1. The van der Waals surface area contributed by atoms with Gasteiger partial charge in [0, 0.05) is 19.2 Å². The summed E-state index contributed by atoms with van der Waals surface area (Å²) in [6.45, 7) is 4.95. The van der Waals surface area contributed by atoms with Crippen molar-refractivity contribution in [3.8, 4) is 5.75 Å². The molecule has 1 rings (SSSR count). The summed E-state index contributed by atoms with van der Waals surface area (Å²) >= 11 is 0. The van der Waals surface area contributed by atoms with Gasteiger partial charge in [0.25, 0.3) is 0 Å². The van der Waals surface area contributed by atoms with E-state index >= 15 is 0 Å². The lowest BCUT2D eigenvalue weighted by atomic mass is 10.0. The Hall–Kier alpha value is -1.06. The molecule has 2 atom stereocenters. The number of hydrogen-bond acceptors (Lipinski definition) is 3. The molecule has 0 saturated carbocycles. The van der Waals surface area contributed by atoms with Crippen molar-refractivity contribution < 1.29 is 9.84 Å². The smallest absolute Gasteiger partial charge is 0.115 e. The summed E-state index contributed by atoms with van der Waals surface area (Å²) in [7, 11) is 1.71. The first kappa shape index (κ1) is 13.0. The van der Waals surface area contributed by atoms with E-state index in [0.717, 1.165) is 6.42 Å². The molecule has 3 heteroatoms. The highest BCUT2D eigenvalue weighted by Crippen LogP contribution is 2.19. The van der Waals surface area contributed by atoms with E-state index in [1.54, 1.807) is 19.2 Å². The van der Waals surface area contributed by atoms with Gasteiger partial charge in [0.2, 0.25) is 0 Å². The van der Waals surface area contributed by atoms with Gasteiger partial charge in [-0.3, -0.25) is 0 Å². The summed E-state index contributed by atoms with van der Waals surface area (Å²) in [5.41, 5.74) is 1.20. The van der Waals surface area contributed by atoms with E-state index in [0.29, 0.717) is 24.4 Å². The van der Waals surface area contributed by atoms with Crippen LogP contribution in [0.25, 0.3) is 0 Å². The lowest BCUT2D eigenvalue weighted by Gasteiger charge is -2.22. The zero-order valence-electron chi connectivity index (χ0n) is 10.2. The van der Waals surface area contributed by atoms with Gasteiger partial charge in [0.1, 0.15) is 5.75 Å². The van der Waals surface area contributed by atoms with Gasteiger partial charge in [0.15, 0.2) is 0 Å². The van der Waals surface area contributed by atoms with Crippen molar-refractivity contribution in [3.05, 3.63) is 29.8 Å². The van der Waals surface area contributed by atoms with Crippen LogP contribution in [0.3, 0.4) is 0 Å². The average molecular weight is 223 g/mol. The average Bonchev–Trinajstić information content (AvgIpc) is 2.27. The Kier molecular flexibility index (Phi) is 5.29. The number of phenols is 1. The van der Waals surface area contributed by atoms with Crippen LogP contribution in [-0.4, -0.2) is 24.9 Å². The number of hydrogen-bond donors (Lipinski definition) is 2. The summed E-state index contributed by atoms with van der Waals surface area (Å²) in [4.78, 5) is 0. The van der Waals surface area contributed by atoms with Gasteiger partial charge in [-0.15, -0.1) is 0 Å². The predicted octanol–water partition coefficient (Wildman–Crippen LogP) is 2.47. The Morgan fingerprint density at radius 2 is 1.94 bits per heavy atom. The molecule has 0 spiro atoms. The molecule has 90 valence electrons. The van der Waals surface area contributed by atoms with Crippen LogP contribution in [0.1, 0.15) is 31.9 Å². The number of nitrogens with one attached hydrogen (secondary N) is 1. The van der Waals surface area contributed by atoms with Crippen LogP contribution in [0.5, 0.6) is 5.75 Å². The number of rotatable bonds is 6. The molecule has 0 heterocycles. The number of phenolic OH excluding ortho intramolecular Hbond substituents is 1. The van der Waals surface area contributed by atoms with Crippen LogP contribution >= 0.6 is 0 Å². The largest absolute Gasteiger partial charge is 0.508 e. The zero-order chi connectivity index (χ0) is 12.0. The van der Waals surface area contributed by atoms with Crippen LogP contribution < -0.4 is 5.32 Å². The minimum Gasteiger partial charge on any atom is -0.508 e. The molecule has 1 aromatic carbocycles. The predicted molar refractivity (Wildman–Crippen MR) is 65.6 cm³/mol. The highest BCUT2D eigenvalue weighted by molar-refractivity contribution is 5.28. The number of methoxy groups -OCH3 is 1. The maximum absolute atomic E-state index is 9.24. The number of benzene rings is 1. The van der Waals surface area contributed by atoms with E-state index < -0.39 is 0 Å². The summed E-state index contributed by atoms with van der Waals surface area (Å²) in [5, 5.41) is 12.7. The molecule has 1 aromatic rings. The second-order valence-electron chi connectivity index (χ2n) is 4.08. The summed E-state index contributed by atoms with van der Waals surface area (Å²) in [5.74, 6) is 0.309. The van der Waals surface area contributed by atoms with Crippen molar-refractivity contribution in [3.63, 3.8) is 0 Å². The lowest BCUT2D eigenvalue weighted by Crippen LogP contribution is -2.33. The van der Waals surface area contributed by atoms with Crippen molar-refractivity contribution in [1.82, 2.24) is 5.32 Å². The molecule has 2 N–H and O–H groups in total. The fraction of sp³-hybridized carbons (Fsp3) is 0.538. The number of aromatic hydroxyl groups is 1. The van der Waals surface area contributed by atoms with Gasteiger partial charge in [-0.25, -0.2) is 0 Å². The van der Waals surface area contributed by atoms with E-state index in [9.17, 15) is 5.11 Å². The van der Waals surface area contributed by atoms with Crippen LogP contribution in [0.4, 0.5) is 0 Å². The minimum atomic E-state index is 0.309. The first-order chi connectivity index (χ1) is 7.67. The first-order valence-corrected chi connectivity index (χ1v) is 5.71. The van der Waals surface area contributed by atoms with Crippen LogP contribution in [0, 0.1) is 0 Å². The molecule has 3 nitrogen and oxygen atoms in total. The van der Waals surface area contributed by atoms with E-state index in [-0.39, 0.29) is 0 Å². The highest BCUT2D eigenvalue weighted by atomic mass is 16.5. The van der Waals surface area contributed by atoms with E-state index in [1.165, 1.54) is 5.56 Å². The Bertz CT molecular complexity index is 297. The lowest BCUT2D eigenvalue weighted by molar-refractivity contribution is 0.166. The molecule has 0 saturated heterocycles. The first-order valence-electron chi connectivity index (χ1n) is 5.71. The minimum absolute atomic E-state index is 0.309. The van der Waals surface area contributed by atoms with E-state index in [2.05, 4.69) is 19.2 Å². The van der Waals surface area contributed by atoms with Gasteiger partial charge in [-0.2, -0.15) is 0 Å². The molecule has 0 aliphatic rings. The molecule has 0 radical (unpaired) electrons. The molecule has 0 bridgehead atoms. The standard InChI is InChI=1S/C13H21NO2/c1-4-13(14-10(2)9-16-3)11-5-7-12(15)8-6-11/h5-8,10,13-15H,4,9H2,1-3H3. The van der Waals surface area contributed by atoms with Gasteiger partial charge >= 0.3 is 0 Å². The maximum Gasteiger partial charge on any atom is 0.115 e. The third-order valence-corrected chi connectivity index (χ3v) is 2.61. The highest BCUT2D eigenvalue weighted by Gasteiger charge is 2.11. The maximum atomic E-state index is 9.24. The van der Waals surface area contributed by atoms with Gasteiger partial charge in [0.05, 0.1) is 6.61 Å². The van der Waals surface area contributed by atoms with Crippen LogP contribution in [0.15, 0.2) is 24.3 Å². The second-order valence-corrected chi connectivity index (χ2v) is 4.08. The van der Waals surface area contributed by atoms with Gasteiger partial charge in [-0.05, 0) is 31.0 Å². The summed E-state index contributed by atoms with van der Waals surface area (Å²) < 4.78 is 5.10. The van der Waals surface area contributed by atoms with E-state index in [1.807, 2.05) is 12.1 Å². The van der Waals surface area contributed by atoms with Gasteiger partial charge < -0.3 is 15.2 Å². The molecular weight excluding hydrogens is 202 g/mol. The van der Waals surface area contributed by atoms with Crippen molar-refractivity contribution in [2.75, 3.05) is 13.7 Å². The Morgan fingerprint density at radius 3 is 2.44 bits per heavy atom. The molecule has 2 unspecified atom stereocenters. The van der Waals surface area contributed by atoms with Gasteiger partial charge in [-0.1, -0.05) is 19.1 Å². The Labute approximate surface area is 97.4 Å². The second kappa shape index (κ2) is 6.51. The topological polar surface area (TPSA) is 41.5 Å². The summed E-state index contributed by atoms with van der Waals surface area (Å²) in [6.07, 6.45) is 1.01. The molecule has 0 fully saturated rings. The monoisotopic (exact) mass is 223 g/mol. The molecule has 0 aromatic heterocycles. The van der Waals surface area contributed by atoms with Crippen LogP contribution in [-0.2, 0) is 4.74 Å². The van der Waals surface area contributed by atoms with Crippen LogP contribution in [0.2, 0.25) is 0 Å². The third-order valence-electron chi connectivity index (χ3n) is 2.61. The zero-order valence-corrected chi connectivity index (χ0v) is 10.2. The molecule has 0 aliphatic heterocycles. The fourth-order valence-electron chi connectivity index (χ4n) is 1.80. The molecular formula is C13H21NO2. The third kappa shape index (κ3) is 3.83. The van der Waals surface area contributed by atoms with E-state index in [4.69, 9.17) is 4.74 Å². The van der Waals surface area contributed by atoms with Crippen molar-refractivity contribution in [2.24, 2.45) is 0 Å². The van der Waals surface area contributed by atoms with Crippen molar-refractivity contribution in [2.45, 2.75) is 32.4 Å². The molecule has 0 aliphatic carbocycles. The molecule has 16 heavy (non-hydrogen) atoms. The Balaban J connectivity index is 2.63.